The van der Waals surface area contributed by atoms with Gasteiger partial charge in [-0.05, 0) is 42.5 Å². The van der Waals surface area contributed by atoms with Gasteiger partial charge in [-0.2, -0.15) is 0 Å². The molecule has 0 radical (unpaired) electrons. The van der Waals surface area contributed by atoms with E-state index in [1.807, 2.05) is 0 Å². The van der Waals surface area contributed by atoms with Crippen molar-refractivity contribution in [3.63, 3.8) is 0 Å². The summed E-state index contributed by atoms with van der Waals surface area (Å²) >= 11 is 0. The maximum atomic E-state index is 13.7. The number of anilines is 2. The van der Waals surface area contributed by atoms with E-state index >= 15 is 0 Å². The van der Waals surface area contributed by atoms with Crippen molar-refractivity contribution >= 4 is 17.5 Å². The van der Waals surface area contributed by atoms with Gasteiger partial charge >= 0.3 is 0 Å². The molecule has 12 heteroatoms. The highest BCUT2D eigenvalue weighted by Crippen LogP contribution is 2.31. The van der Waals surface area contributed by atoms with Crippen LogP contribution in [0.4, 0.5) is 24.8 Å². The number of aromatic amines is 1. The number of hydrogen-bond donors (Lipinski definition) is 3. The highest BCUT2D eigenvalue weighted by atomic mass is 19.2. The van der Waals surface area contributed by atoms with Crippen LogP contribution in [-0.4, -0.2) is 51.9 Å². The van der Waals surface area contributed by atoms with Crippen molar-refractivity contribution in [2.45, 2.75) is 12.7 Å². The van der Waals surface area contributed by atoms with Crippen LogP contribution >= 0.6 is 0 Å². The Hall–Kier alpha value is -4.55. The number of halogens is 3. The van der Waals surface area contributed by atoms with Crippen molar-refractivity contribution in [3.8, 4) is 22.6 Å². The fourth-order valence-electron chi connectivity index (χ4n) is 4.07. The molecular formula is C28H25F3N6O3. The Morgan fingerprint density at radius 3 is 2.55 bits per heavy atom. The Morgan fingerprint density at radius 1 is 1.05 bits per heavy atom. The lowest BCUT2D eigenvalue weighted by molar-refractivity contribution is -0.200. The molecule has 1 aliphatic rings. The van der Waals surface area contributed by atoms with Crippen LogP contribution in [0, 0.1) is 23.4 Å². The fourth-order valence-corrected chi connectivity index (χ4v) is 4.07. The summed E-state index contributed by atoms with van der Waals surface area (Å²) < 4.78 is 52.1. The number of H-pyrrole nitrogens is 1. The van der Waals surface area contributed by atoms with Crippen LogP contribution in [0.2, 0.25) is 0 Å². The molecule has 0 saturated carbocycles. The van der Waals surface area contributed by atoms with Crippen LogP contribution in [0.1, 0.15) is 5.82 Å². The monoisotopic (exact) mass is 550 g/mol. The number of aromatic nitrogens is 4. The average Bonchev–Trinajstić information content (AvgIpc) is 3.38. The zero-order chi connectivity index (χ0) is 28.1. The minimum absolute atomic E-state index is 0.143. The lowest BCUT2D eigenvalue weighted by Crippen LogP contribution is -2.42. The van der Waals surface area contributed by atoms with Gasteiger partial charge in [-0.3, -0.25) is 4.79 Å². The Labute approximate surface area is 227 Å². The molecule has 0 spiro atoms. The van der Waals surface area contributed by atoms with Crippen LogP contribution in [-0.2, 0) is 20.7 Å². The van der Waals surface area contributed by atoms with Crippen LogP contribution in [0.25, 0.3) is 22.6 Å². The number of hydrogen-bond acceptors (Lipinski definition) is 7. The first-order valence-electron chi connectivity index (χ1n) is 12.4. The molecule has 9 nitrogen and oxygen atoms in total. The summed E-state index contributed by atoms with van der Waals surface area (Å²) in [5, 5.41) is 5.58. The third-order valence-electron chi connectivity index (χ3n) is 6.08. The molecule has 5 rings (SSSR count). The molecule has 0 aliphatic carbocycles. The Bertz CT molecular complexity index is 1500. The second-order valence-corrected chi connectivity index (χ2v) is 8.96. The van der Waals surface area contributed by atoms with Crippen molar-refractivity contribution in [2.24, 2.45) is 5.92 Å². The molecular weight excluding hydrogens is 525 g/mol. The van der Waals surface area contributed by atoms with Gasteiger partial charge in [0, 0.05) is 30.1 Å². The van der Waals surface area contributed by atoms with Gasteiger partial charge in [0.2, 0.25) is 11.9 Å². The van der Waals surface area contributed by atoms with Gasteiger partial charge in [0.05, 0.1) is 42.6 Å². The van der Waals surface area contributed by atoms with E-state index in [0.717, 1.165) is 12.1 Å². The molecule has 0 bridgehead atoms. The van der Waals surface area contributed by atoms with Crippen LogP contribution < -0.4 is 10.6 Å². The van der Waals surface area contributed by atoms with E-state index in [0.29, 0.717) is 35.0 Å². The molecule has 1 amide bonds. The largest absolute Gasteiger partial charge is 0.352 e. The third kappa shape index (κ3) is 6.35. The molecule has 2 aromatic carbocycles. The third-order valence-corrected chi connectivity index (χ3v) is 6.08. The van der Waals surface area contributed by atoms with Gasteiger partial charge in [-0.15, -0.1) is 6.58 Å². The Morgan fingerprint density at radius 2 is 1.82 bits per heavy atom. The number of nitrogens with one attached hydrogen (secondary N) is 3. The summed E-state index contributed by atoms with van der Waals surface area (Å²) in [5.41, 5.74) is 2.38. The highest BCUT2D eigenvalue weighted by Gasteiger charge is 2.28. The topological polar surface area (TPSA) is 114 Å². The number of ether oxygens (including phenoxy) is 2. The first kappa shape index (κ1) is 27.0. The quantitative estimate of drug-likeness (QED) is 0.263. The number of benzene rings is 2. The number of carbonyl (C=O) groups is 1. The van der Waals surface area contributed by atoms with Crippen LogP contribution in [0.15, 0.2) is 67.4 Å². The van der Waals surface area contributed by atoms with Crippen LogP contribution in [0.3, 0.4) is 0 Å². The molecule has 3 heterocycles. The summed E-state index contributed by atoms with van der Waals surface area (Å²) in [6, 6.07) is 10.9. The molecule has 1 aliphatic heterocycles. The van der Waals surface area contributed by atoms with Crippen LogP contribution in [0.5, 0.6) is 0 Å². The van der Waals surface area contributed by atoms with Crippen molar-refractivity contribution in [2.75, 3.05) is 25.1 Å². The normalized spacial score (nSPS) is 16.9. The first-order valence-corrected chi connectivity index (χ1v) is 12.4. The summed E-state index contributed by atoms with van der Waals surface area (Å²) in [6.45, 7) is 4.32. The molecule has 1 saturated heterocycles. The van der Waals surface area contributed by atoms with E-state index in [2.05, 4.69) is 32.2 Å². The van der Waals surface area contributed by atoms with Crippen molar-refractivity contribution in [1.29, 1.82) is 0 Å². The van der Waals surface area contributed by atoms with Gasteiger partial charge in [0.1, 0.15) is 11.6 Å². The number of imidazole rings is 1. The predicted octanol–water partition coefficient (Wildman–Crippen LogP) is 4.53. The Kier molecular flexibility index (Phi) is 8.18. The molecule has 0 atom stereocenters. The SMILES string of the molecule is C=CCNC(=O)C1COC(Cc2nc(-c3ccc(F)cc3)c(-c3ccnc(Nc4ccc(F)c(F)c4)n3)[nH]2)OC1. The summed E-state index contributed by atoms with van der Waals surface area (Å²) in [6.07, 6.45) is 2.71. The standard InChI is InChI=1S/C28H25F3N6O3/c1-2-10-32-27(38)17-14-39-24(40-15-17)13-23-36-25(16-3-5-18(29)6-4-16)26(37-23)22-9-11-33-28(35-22)34-19-7-8-20(30)21(31)12-19/h2-9,11-12,17,24H,1,10,13-15H2,(H,32,38)(H,36,37)(H,33,34,35). The molecule has 0 unspecified atom stereocenters. The van der Waals surface area contributed by atoms with Gasteiger partial charge in [0.25, 0.3) is 0 Å². The summed E-state index contributed by atoms with van der Waals surface area (Å²) in [7, 11) is 0. The zero-order valence-electron chi connectivity index (χ0n) is 21.2. The van der Waals surface area contributed by atoms with Gasteiger partial charge < -0.3 is 25.1 Å². The van der Waals surface area contributed by atoms with E-state index in [-0.39, 0.29) is 37.2 Å². The molecule has 40 heavy (non-hydrogen) atoms. The van der Waals surface area contributed by atoms with E-state index in [1.54, 1.807) is 24.3 Å². The first-order chi connectivity index (χ1) is 19.4. The van der Waals surface area contributed by atoms with Crippen molar-refractivity contribution in [1.82, 2.24) is 25.3 Å². The molecule has 4 aromatic rings. The van der Waals surface area contributed by atoms with E-state index in [4.69, 9.17) is 14.5 Å². The van der Waals surface area contributed by atoms with Crippen molar-refractivity contribution < 1.29 is 27.4 Å². The second-order valence-electron chi connectivity index (χ2n) is 8.96. The predicted molar refractivity (Wildman–Crippen MR) is 141 cm³/mol. The maximum Gasteiger partial charge on any atom is 0.228 e. The summed E-state index contributed by atoms with van der Waals surface area (Å²) in [5.74, 6) is -2.31. The lowest BCUT2D eigenvalue weighted by atomic mass is 10.1. The molecule has 3 N–H and O–H groups in total. The van der Waals surface area contributed by atoms with Crippen molar-refractivity contribution in [3.05, 3.63) is 90.7 Å². The smallest absolute Gasteiger partial charge is 0.228 e. The minimum Gasteiger partial charge on any atom is -0.352 e. The minimum atomic E-state index is -1.01. The molecule has 2 aromatic heterocycles. The van der Waals surface area contributed by atoms with Gasteiger partial charge in [-0.1, -0.05) is 6.08 Å². The lowest BCUT2D eigenvalue weighted by Gasteiger charge is -2.28. The number of nitrogens with zero attached hydrogens (tertiary/aromatic N) is 3. The number of rotatable bonds is 9. The second kappa shape index (κ2) is 12.1. The van der Waals surface area contributed by atoms with Gasteiger partial charge in [0.15, 0.2) is 17.9 Å². The van der Waals surface area contributed by atoms with E-state index in [1.165, 1.54) is 24.4 Å². The molecule has 1 fully saturated rings. The average molecular weight is 551 g/mol. The van der Waals surface area contributed by atoms with E-state index in [9.17, 15) is 18.0 Å². The van der Waals surface area contributed by atoms with Gasteiger partial charge in [-0.25, -0.2) is 28.1 Å². The zero-order valence-corrected chi connectivity index (χ0v) is 21.2. The highest BCUT2D eigenvalue weighted by molar-refractivity contribution is 5.79. The van der Waals surface area contributed by atoms with E-state index < -0.39 is 29.7 Å². The summed E-state index contributed by atoms with van der Waals surface area (Å²) in [4.78, 5) is 28.8. The Balaban J connectivity index is 1.38. The fraction of sp³-hybridized carbons (Fsp3) is 0.214. The number of carbonyl (C=O) groups excluding carboxylic acids is 1. The molecule has 206 valence electrons. The number of amides is 1. The maximum absolute atomic E-state index is 13.7.